The standard InChI is InChI=1S/C12H17N3O3/c13-9-4-5-10(15-8-9)7-11(16)14-6-2-1-3-12(17)18/h4-5,8H,1-3,6-7,13H2,(H,14,16)(H,17,18). The van der Waals surface area contributed by atoms with Crippen molar-refractivity contribution in [2.75, 3.05) is 12.3 Å². The number of nitrogens with one attached hydrogen (secondary N) is 1. The topological polar surface area (TPSA) is 105 Å². The molecule has 0 aliphatic heterocycles. The summed E-state index contributed by atoms with van der Waals surface area (Å²) < 4.78 is 0. The van der Waals surface area contributed by atoms with Crippen molar-refractivity contribution in [3.63, 3.8) is 0 Å². The van der Waals surface area contributed by atoms with Crippen LogP contribution in [-0.2, 0) is 16.0 Å². The van der Waals surface area contributed by atoms with Crippen LogP contribution in [0.5, 0.6) is 0 Å². The van der Waals surface area contributed by atoms with Gasteiger partial charge in [0.2, 0.25) is 5.91 Å². The highest BCUT2D eigenvalue weighted by Crippen LogP contribution is 2.01. The quantitative estimate of drug-likeness (QED) is 0.615. The number of carboxylic acid groups (broad SMARTS) is 1. The van der Waals surface area contributed by atoms with E-state index in [0.717, 1.165) is 0 Å². The number of aliphatic carboxylic acids is 1. The average Bonchev–Trinajstić information content (AvgIpc) is 2.31. The maximum Gasteiger partial charge on any atom is 0.303 e. The van der Waals surface area contributed by atoms with Gasteiger partial charge in [0, 0.05) is 18.7 Å². The molecule has 0 saturated heterocycles. The van der Waals surface area contributed by atoms with Crippen LogP contribution in [0.15, 0.2) is 18.3 Å². The van der Waals surface area contributed by atoms with Crippen LogP contribution in [0.4, 0.5) is 5.69 Å². The number of hydrogen-bond acceptors (Lipinski definition) is 4. The molecule has 0 aliphatic carbocycles. The fourth-order valence-electron chi connectivity index (χ4n) is 1.40. The number of amides is 1. The van der Waals surface area contributed by atoms with Gasteiger partial charge in [-0.1, -0.05) is 0 Å². The molecule has 0 bridgehead atoms. The van der Waals surface area contributed by atoms with E-state index in [9.17, 15) is 9.59 Å². The van der Waals surface area contributed by atoms with Crippen molar-refractivity contribution in [2.24, 2.45) is 0 Å². The van der Waals surface area contributed by atoms with E-state index in [4.69, 9.17) is 10.8 Å². The Labute approximate surface area is 105 Å². The summed E-state index contributed by atoms with van der Waals surface area (Å²) in [5.41, 5.74) is 6.71. The summed E-state index contributed by atoms with van der Waals surface area (Å²) in [6.07, 6.45) is 3.08. The molecule has 4 N–H and O–H groups in total. The monoisotopic (exact) mass is 251 g/mol. The number of nitrogens with zero attached hydrogens (tertiary/aromatic N) is 1. The molecule has 6 nitrogen and oxygen atoms in total. The van der Waals surface area contributed by atoms with Gasteiger partial charge >= 0.3 is 5.97 Å². The lowest BCUT2D eigenvalue weighted by Crippen LogP contribution is -2.26. The molecule has 0 saturated carbocycles. The molecule has 18 heavy (non-hydrogen) atoms. The predicted molar refractivity (Wildman–Crippen MR) is 66.8 cm³/mol. The number of nitrogens with two attached hydrogens (primary N) is 1. The lowest BCUT2D eigenvalue weighted by molar-refractivity contribution is -0.137. The first-order valence-electron chi connectivity index (χ1n) is 5.77. The number of hydrogen-bond donors (Lipinski definition) is 3. The first-order valence-corrected chi connectivity index (χ1v) is 5.77. The first kappa shape index (κ1) is 14.0. The Hall–Kier alpha value is -2.11. The zero-order chi connectivity index (χ0) is 13.4. The molecule has 0 spiro atoms. The highest BCUT2D eigenvalue weighted by molar-refractivity contribution is 5.78. The molecule has 1 amide bonds. The van der Waals surface area contributed by atoms with Crippen molar-refractivity contribution in [1.29, 1.82) is 0 Å². The second-order valence-corrected chi connectivity index (χ2v) is 3.96. The van der Waals surface area contributed by atoms with Crippen LogP contribution in [0.3, 0.4) is 0 Å². The number of carboxylic acids is 1. The van der Waals surface area contributed by atoms with Gasteiger partial charge in [-0.15, -0.1) is 0 Å². The maximum atomic E-state index is 11.5. The van der Waals surface area contributed by atoms with E-state index >= 15 is 0 Å². The van der Waals surface area contributed by atoms with Gasteiger partial charge in [-0.3, -0.25) is 14.6 Å². The largest absolute Gasteiger partial charge is 0.481 e. The molecule has 0 radical (unpaired) electrons. The van der Waals surface area contributed by atoms with Crippen molar-refractivity contribution in [1.82, 2.24) is 10.3 Å². The van der Waals surface area contributed by atoms with Crippen LogP contribution >= 0.6 is 0 Å². The number of anilines is 1. The Morgan fingerprint density at radius 3 is 2.72 bits per heavy atom. The van der Waals surface area contributed by atoms with Crippen molar-refractivity contribution in [3.8, 4) is 0 Å². The summed E-state index contributed by atoms with van der Waals surface area (Å²) in [4.78, 5) is 25.8. The van der Waals surface area contributed by atoms with E-state index < -0.39 is 5.97 Å². The normalized spacial score (nSPS) is 10.0. The molecule has 1 aromatic heterocycles. The van der Waals surface area contributed by atoms with Crippen molar-refractivity contribution in [2.45, 2.75) is 25.7 Å². The minimum atomic E-state index is -0.813. The van der Waals surface area contributed by atoms with Crippen molar-refractivity contribution < 1.29 is 14.7 Å². The number of unbranched alkanes of at least 4 members (excludes halogenated alkanes) is 1. The highest BCUT2D eigenvalue weighted by atomic mass is 16.4. The predicted octanol–water partition coefficient (Wildman–Crippen LogP) is 0.577. The van der Waals surface area contributed by atoms with Crippen LogP contribution in [0.1, 0.15) is 25.0 Å². The van der Waals surface area contributed by atoms with Gasteiger partial charge < -0.3 is 16.2 Å². The molecule has 0 atom stereocenters. The Balaban J connectivity index is 2.17. The van der Waals surface area contributed by atoms with Crippen LogP contribution in [0.25, 0.3) is 0 Å². The van der Waals surface area contributed by atoms with E-state index in [1.807, 2.05) is 0 Å². The third-order valence-electron chi connectivity index (χ3n) is 2.33. The molecule has 1 heterocycles. The number of nitrogen functional groups attached to an aromatic ring is 1. The third kappa shape index (κ3) is 5.83. The SMILES string of the molecule is Nc1ccc(CC(=O)NCCCCC(=O)O)nc1. The number of carbonyl (C=O) groups is 2. The second kappa shape index (κ2) is 7.26. The Kier molecular flexibility index (Phi) is 5.63. The molecule has 6 heteroatoms. The van der Waals surface area contributed by atoms with E-state index in [1.165, 1.54) is 6.20 Å². The number of rotatable bonds is 7. The van der Waals surface area contributed by atoms with Gasteiger partial charge in [-0.2, -0.15) is 0 Å². The van der Waals surface area contributed by atoms with Crippen molar-refractivity contribution >= 4 is 17.6 Å². The zero-order valence-corrected chi connectivity index (χ0v) is 10.1. The van der Waals surface area contributed by atoms with E-state index in [-0.39, 0.29) is 18.7 Å². The molecular weight excluding hydrogens is 234 g/mol. The molecule has 0 aliphatic rings. The summed E-state index contributed by atoms with van der Waals surface area (Å²) in [5.74, 6) is -0.935. The maximum absolute atomic E-state index is 11.5. The molecule has 0 fully saturated rings. The molecular formula is C12H17N3O3. The lowest BCUT2D eigenvalue weighted by atomic mass is 10.2. The molecule has 0 unspecified atom stereocenters. The molecule has 1 aromatic rings. The summed E-state index contributed by atoms with van der Waals surface area (Å²) in [7, 11) is 0. The lowest BCUT2D eigenvalue weighted by Gasteiger charge is -2.04. The van der Waals surface area contributed by atoms with Crippen LogP contribution in [0.2, 0.25) is 0 Å². The number of carbonyl (C=O) groups excluding carboxylic acids is 1. The third-order valence-corrected chi connectivity index (χ3v) is 2.33. The minimum absolute atomic E-state index is 0.123. The summed E-state index contributed by atoms with van der Waals surface area (Å²) in [6, 6.07) is 3.40. The number of pyridine rings is 1. The van der Waals surface area contributed by atoms with Gasteiger partial charge in [-0.25, -0.2) is 0 Å². The van der Waals surface area contributed by atoms with Crippen molar-refractivity contribution in [3.05, 3.63) is 24.0 Å². The van der Waals surface area contributed by atoms with Crippen LogP contribution in [-0.4, -0.2) is 28.5 Å². The van der Waals surface area contributed by atoms with E-state index in [2.05, 4.69) is 10.3 Å². The van der Waals surface area contributed by atoms with Crippen LogP contribution in [0, 0.1) is 0 Å². The molecule has 98 valence electrons. The van der Waals surface area contributed by atoms with E-state index in [0.29, 0.717) is 30.8 Å². The fourth-order valence-corrected chi connectivity index (χ4v) is 1.40. The van der Waals surface area contributed by atoms with Gasteiger partial charge in [0.1, 0.15) is 0 Å². The Morgan fingerprint density at radius 1 is 1.33 bits per heavy atom. The van der Waals surface area contributed by atoms with Gasteiger partial charge in [0.15, 0.2) is 0 Å². The second-order valence-electron chi connectivity index (χ2n) is 3.96. The zero-order valence-electron chi connectivity index (χ0n) is 10.1. The fraction of sp³-hybridized carbons (Fsp3) is 0.417. The Bertz CT molecular complexity index is 404. The minimum Gasteiger partial charge on any atom is -0.481 e. The highest BCUT2D eigenvalue weighted by Gasteiger charge is 2.04. The molecule has 1 rings (SSSR count). The van der Waals surface area contributed by atoms with Gasteiger partial charge in [-0.05, 0) is 25.0 Å². The first-order chi connectivity index (χ1) is 8.58. The summed E-state index contributed by atoms with van der Waals surface area (Å²) in [6.45, 7) is 0.487. The van der Waals surface area contributed by atoms with Gasteiger partial charge in [0.25, 0.3) is 0 Å². The number of aromatic nitrogens is 1. The summed E-state index contributed by atoms with van der Waals surface area (Å²) in [5, 5.41) is 11.1. The van der Waals surface area contributed by atoms with E-state index in [1.54, 1.807) is 12.1 Å². The summed E-state index contributed by atoms with van der Waals surface area (Å²) >= 11 is 0. The average molecular weight is 251 g/mol. The molecule has 0 aromatic carbocycles. The smallest absolute Gasteiger partial charge is 0.303 e. The van der Waals surface area contributed by atoms with Crippen LogP contribution < -0.4 is 11.1 Å². The van der Waals surface area contributed by atoms with Gasteiger partial charge in [0.05, 0.1) is 18.3 Å². The Morgan fingerprint density at radius 2 is 2.11 bits per heavy atom.